The first-order valence-electron chi connectivity index (χ1n) is 7.51. The summed E-state index contributed by atoms with van der Waals surface area (Å²) in [6.45, 7) is 3.28. The maximum atomic E-state index is 12.0. The zero-order chi connectivity index (χ0) is 17.5. The van der Waals surface area contributed by atoms with Crippen LogP contribution in [0.25, 0.3) is 0 Å². The first-order chi connectivity index (χ1) is 11.5. The molecule has 6 nitrogen and oxygen atoms in total. The van der Waals surface area contributed by atoms with Crippen molar-refractivity contribution in [2.24, 2.45) is 5.73 Å². The lowest BCUT2D eigenvalue weighted by Gasteiger charge is -2.17. The van der Waals surface area contributed by atoms with Crippen molar-refractivity contribution in [1.29, 1.82) is 0 Å². The smallest absolute Gasteiger partial charge is 0.251 e. The predicted octanol–water partition coefficient (Wildman–Crippen LogP) is 2.10. The highest BCUT2D eigenvalue weighted by Gasteiger charge is 2.13. The zero-order valence-corrected chi connectivity index (χ0v) is 14.6. The van der Waals surface area contributed by atoms with Crippen molar-refractivity contribution in [3.63, 3.8) is 0 Å². The van der Waals surface area contributed by atoms with Gasteiger partial charge < -0.3 is 15.8 Å². The number of nitrogens with one attached hydrogen (secondary N) is 1. The van der Waals surface area contributed by atoms with Crippen LogP contribution in [0.1, 0.15) is 15.9 Å². The molecule has 0 radical (unpaired) electrons. The fourth-order valence-corrected chi connectivity index (χ4v) is 2.93. The van der Waals surface area contributed by atoms with E-state index >= 15 is 0 Å². The summed E-state index contributed by atoms with van der Waals surface area (Å²) in [7, 11) is 1.84. The van der Waals surface area contributed by atoms with Crippen molar-refractivity contribution in [2.45, 2.75) is 6.92 Å². The predicted molar refractivity (Wildman–Crippen MR) is 95.6 cm³/mol. The summed E-state index contributed by atoms with van der Waals surface area (Å²) >= 11 is 1.27. The molecule has 2 amide bonds. The van der Waals surface area contributed by atoms with Crippen molar-refractivity contribution in [3.05, 3.63) is 46.8 Å². The van der Waals surface area contributed by atoms with Crippen LogP contribution >= 0.6 is 11.3 Å². The number of rotatable bonds is 8. The minimum atomic E-state index is -0.550. The Balaban J connectivity index is 1.76. The molecule has 0 atom stereocenters. The fraction of sp³-hybridized carbons (Fsp3) is 0.294. The van der Waals surface area contributed by atoms with Gasteiger partial charge in [-0.05, 0) is 37.0 Å². The lowest BCUT2D eigenvalue weighted by molar-refractivity contribution is -0.117. The van der Waals surface area contributed by atoms with E-state index in [0.29, 0.717) is 23.7 Å². The summed E-state index contributed by atoms with van der Waals surface area (Å²) in [5.74, 6) is 0.102. The lowest BCUT2D eigenvalue weighted by Crippen LogP contribution is -2.33. The second kappa shape index (κ2) is 8.47. The highest BCUT2D eigenvalue weighted by Crippen LogP contribution is 2.22. The normalized spacial score (nSPS) is 10.6. The number of carbonyl (C=O) groups excluding carboxylic acids is 2. The quantitative estimate of drug-likeness (QED) is 0.766. The van der Waals surface area contributed by atoms with E-state index in [-0.39, 0.29) is 12.5 Å². The average molecular weight is 347 g/mol. The zero-order valence-electron chi connectivity index (χ0n) is 13.7. The van der Waals surface area contributed by atoms with Gasteiger partial charge in [0.25, 0.3) is 5.91 Å². The first-order valence-corrected chi connectivity index (χ1v) is 8.39. The Morgan fingerprint density at radius 1 is 1.29 bits per heavy atom. The van der Waals surface area contributed by atoms with Crippen LogP contribution in [-0.2, 0) is 4.79 Å². The molecule has 1 aromatic heterocycles. The number of amides is 2. The van der Waals surface area contributed by atoms with Crippen molar-refractivity contribution >= 4 is 28.2 Å². The minimum Gasteiger partial charge on any atom is -0.492 e. The van der Waals surface area contributed by atoms with Gasteiger partial charge in [0.15, 0.2) is 0 Å². The number of anilines is 1. The molecule has 0 aliphatic carbocycles. The lowest BCUT2D eigenvalue weighted by atomic mass is 10.2. The van der Waals surface area contributed by atoms with E-state index in [1.54, 1.807) is 11.4 Å². The van der Waals surface area contributed by atoms with E-state index in [2.05, 4.69) is 5.32 Å². The largest absolute Gasteiger partial charge is 0.492 e. The number of primary amides is 1. The molecule has 0 fully saturated rings. The molecule has 3 N–H and O–H groups in total. The highest BCUT2D eigenvalue weighted by atomic mass is 32.1. The number of benzene rings is 1. The molecule has 0 saturated heterocycles. The van der Waals surface area contributed by atoms with Crippen LogP contribution in [0.2, 0.25) is 0 Å². The summed E-state index contributed by atoms with van der Waals surface area (Å²) in [4.78, 5) is 25.1. The maximum absolute atomic E-state index is 12.0. The van der Waals surface area contributed by atoms with Crippen LogP contribution in [-0.4, -0.2) is 43.5 Å². The molecule has 0 unspecified atom stereocenters. The third-order valence-corrected chi connectivity index (χ3v) is 4.25. The summed E-state index contributed by atoms with van der Waals surface area (Å²) in [5.41, 5.74) is 6.67. The number of thiophene rings is 1. The van der Waals surface area contributed by atoms with Crippen LogP contribution in [0, 0.1) is 6.92 Å². The Hall–Kier alpha value is -2.38. The van der Waals surface area contributed by atoms with Crippen LogP contribution in [0.3, 0.4) is 0 Å². The molecule has 0 aliphatic heterocycles. The molecule has 0 aliphatic rings. The van der Waals surface area contributed by atoms with Crippen molar-refractivity contribution in [3.8, 4) is 5.75 Å². The monoisotopic (exact) mass is 347 g/mol. The summed E-state index contributed by atoms with van der Waals surface area (Å²) in [5, 5.41) is 4.92. The summed E-state index contributed by atoms with van der Waals surface area (Å²) in [6.07, 6.45) is 0. The van der Waals surface area contributed by atoms with Crippen molar-refractivity contribution < 1.29 is 14.3 Å². The van der Waals surface area contributed by atoms with Gasteiger partial charge in [-0.2, -0.15) is 0 Å². The Morgan fingerprint density at radius 2 is 2.04 bits per heavy atom. The summed E-state index contributed by atoms with van der Waals surface area (Å²) < 4.78 is 5.71. The molecule has 2 aromatic rings. The third-order valence-electron chi connectivity index (χ3n) is 3.42. The number of carbonyl (C=O) groups is 2. The molecule has 0 saturated carbocycles. The van der Waals surface area contributed by atoms with Crippen molar-refractivity contribution in [2.75, 3.05) is 32.1 Å². The number of hydrogen-bond acceptors (Lipinski definition) is 5. The van der Waals surface area contributed by atoms with Gasteiger partial charge in [0.05, 0.1) is 12.1 Å². The molecule has 0 spiro atoms. The van der Waals surface area contributed by atoms with E-state index in [4.69, 9.17) is 10.5 Å². The molecule has 0 bridgehead atoms. The fourth-order valence-electron chi connectivity index (χ4n) is 2.12. The first kappa shape index (κ1) is 18.0. The van der Waals surface area contributed by atoms with Gasteiger partial charge in [-0.15, -0.1) is 11.3 Å². The van der Waals surface area contributed by atoms with E-state index in [1.807, 2.05) is 43.1 Å². The van der Waals surface area contributed by atoms with E-state index < -0.39 is 5.91 Å². The molecular weight excluding hydrogens is 326 g/mol. The Kier molecular flexibility index (Phi) is 6.34. The highest BCUT2D eigenvalue weighted by molar-refractivity contribution is 7.14. The number of nitrogens with zero attached hydrogens (tertiary/aromatic N) is 1. The maximum Gasteiger partial charge on any atom is 0.251 e. The molecule has 2 rings (SSSR count). The molecular formula is C17H21N3O3S. The Morgan fingerprint density at radius 3 is 2.75 bits per heavy atom. The number of likely N-dealkylation sites (N-methyl/N-ethyl adjacent to an activating group) is 1. The van der Waals surface area contributed by atoms with Crippen LogP contribution in [0.15, 0.2) is 35.7 Å². The Bertz CT molecular complexity index is 715. The van der Waals surface area contributed by atoms with Gasteiger partial charge >= 0.3 is 0 Å². The van der Waals surface area contributed by atoms with E-state index in [0.717, 1.165) is 11.3 Å². The average Bonchev–Trinajstić information content (AvgIpc) is 2.97. The summed E-state index contributed by atoms with van der Waals surface area (Å²) in [6, 6.07) is 9.40. The standard InChI is InChI=1S/C17H21N3O3S/c1-12-5-3-4-6-14(12)23-9-8-20(2)11-15(21)19-17-13(16(18)22)7-10-24-17/h3-7,10H,8-9,11H2,1-2H3,(H2,18,22)(H,19,21). The Labute approximate surface area is 145 Å². The molecule has 24 heavy (non-hydrogen) atoms. The number of para-hydroxylation sites is 1. The minimum absolute atomic E-state index is 0.196. The molecule has 1 aromatic carbocycles. The number of aryl methyl sites for hydroxylation is 1. The molecule has 128 valence electrons. The van der Waals surface area contributed by atoms with Gasteiger partial charge in [0.1, 0.15) is 17.4 Å². The van der Waals surface area contributed by atoms with E-state index in [9.17, 15) is 9.59 Å². The van der Waals surface area contributed by atoms with E-state index in [1.165, 1.54) is 11.3 Å². The number of hydrogen-bond donors (Lipinski definition) is 2. The van der Waals surface area contributed by atoms with Gasteiger partial charge in [0.2, 0.25) is 5.91 Å². The van der Waals surface area contributed by atoms with Crippen LogP contribution in [0.5, 0.6) is 5.75 Å². The van der Waals surface area contributed by atoms with Crippen LogP contribution in [0.4, 0.5) is 5.00 Å². The van der Waals surface area contributed by atoms with Gasteiger partial charge in [-0.25, -0.2) is 0 Å². The van der Waals surface area contributed by atoms with Crippen LogP contribution < -0.4 is 15.8 Å². The third kappa shape index (κ3) is 5.07. The van der Waals surface area contributed by atoms with Crippen molar-refractivity contribution in [1.82, 2.24) is 4.90 Å². The topological polar surface area (TPSA) is 84.7 Å². The molecule has 1 heterocycles. The molecule has 7 heteroatoms. The van der Waals surface area contributed by atoms with Gasteiger partial charge in [0, 0.05) is 6.54 Å². The SMILES string of the molecule is Cc1ccccc1OCCN(C)CC(=O)Nc1sccc1C(N)=O. The second-order valence-electron chi connectivity index (χ2n) is 5.43. The van der Waals surface area contributed by atoms with Gasteiger partial charge in [-0.3, -0.25) is 14.5 Å². The van der Waals surface area contributed by atoms with Gasteiger partial charge in [-0.1, -0.05) is 18.2 Å². The number of nitrogens with two attached hydrogens (primary N) is 1. The second-order valence-corrected chi connectivity index (χ2v) is 6.34. The number of ether oxygens (including phenoxy) is 1.